The highest BCUT2D eigenvalue weighted by Gasteiger charge is 2.29. The van der Waals surface area contributed by atoms with Gasteiger partial charge in [-0.2, -0.15) is 0 Å². The molecule has 0 aromatic carbocycles. The van der Waals surface area contributed by atoms with Crippen molar-refractivity contribution in [2.45, 2.75) is 18.6 Å². The minimum absolute atomic E-state index is 0.0684. The molecule has 6 nitrogen and oxygen atoms in total. The van der Waals surface area contributed by atoms with Crippen LogP contribution in [-0.4, -0.2) is 51.3 Å². The van der Waals surface area contributed by atoms with Crippen LogP contribution in [0.15, 0.2) is 0 Å². The summed E-state index contributed by atoms with van der Waals surface area (Å²) in [4.78, 5) is 22.3. The van der Waals surface area contributed by atoms with Crippen molar-refractivity contribution in [3.05, 3.63) is 0 Å². The zero-order valence-corrected chi connectivity index (χ0v) is 8.91. The molecule has 6 heteroatoms. The predicted octanol–water partition coefficient (Wildman–Crippen LogP) is -1.35. The van der Waals surface area contributed by atoms with Gasteiger partial charge in [-0.1, -0.05) is 0 Å². The van der Waals surface area contributed by atoms with Crippen molar-refractivity contribution in [2.24, 2.45) is 0 Å². The summed E-state index contributed by atoms with van der Waals surface area (Å²) in [5.41, 5.74) is 0. The molecule has 1 rings (SSSR count). The van der Waals surface area contributed by atoms with Crippen molar-refractivity contribution in [2.75, 3.05) is 27.3 Å². The predicted molar refractivity (Wildman–Crippen MR) is 52.2 cm³/mol. The number of rotatable bonds is 4. The number of hydrogen-bond donors (Lipinski definition) is 2. The number of esters is 1. The van der Waals surface area contributed by atoms with Gasteiger partial charge in [-0.25, -0.2) is 0 Å². The van der Waals surface area contributed by atoms with Crippen molar-refractivity contribution in [3.63, 3.8) is 0 Å². The van der Waals surface area contributed by atoms with Crippen LogP contribution in [0.4, 0.5) is 0 Å². The van der Waals surface area contributed by atoms with E-state index in [2.05, 4.69) is 15.4 Å². The lowest BCUT2D eigenvalue weighted by Gasteiger charge is -2.10. The van der Waals surface area contributed by atoms with Crippen molar-refractivity contribution >= 4 is 11.9 Å². The van der Waals surface area contributed by atoms with Gasteiger partial charge in [-0.3, -0.25) is 9.59 Å². The van der Waals surface area contributed by atoms with Gasteiger partial charge in [0.2, 0.25) is 5.91 Å². The Morgan fingerprint density at radius 3 is 2.73 bits per heavy atom. The molecule has 2 unspecified atom stereocenters. The SMILES string of the molecule is COC(=O)CNC(=O)C1CC(OC)CN1. The number of nitrogens with one attached hydrogen (secondary N) is 2. The quantitative estimate of drug-likeness (QED) is 0.568. The number of carbonyl (C=O) groups excluding carboxylic acids is 2. The van der Waals surface area contributed by atoms with Crippen molar-refractivity contribution in [3.8, 4) is 0 Å². The van der Waals surface area contributed by atoms with Crippen LogP contribution in [0.25, 0.3) is 0 Å². The largest absolute Gasteiger partial charge is 0.468 e. The van der Waals surface area contributed by atoms with E-state index in [1.807, 2.05) is 0 Å². The summed E-state index contributed by atoms with van der Waals surface area (Å²) in [6, 6.07) is -0.278. The maximum Gasteiger partial charge on any atom is 0.325 e. The smallest absolute Gasteiger partial charge is 0.325 e. The lowest BCUT2D eigenvalue weighted by molar-refractivity contribution is -0.141. The number of carbonyl (C=O) groups is 2. The van der Waals surface area contributed by atoms with Gasteiger partial charge < -0.3 is 20.1 Å². The van der Waals surface area contributed by atoms with Crippen LogP contribution in [0.1, 0.15) is 6.42 Å². The zero-order valence-electron chi connectivity index (χ0n) is 8.91. The van der Waals surface area contributed by atoms with Crippen LogP contribution in [0.2, 0.25) is 0 Å². The van der Waals surface area contributed by atoms with E-state index < -0.39 is 5.97 Å². The van der Waals surface area contributed by atoms with E-state index in [4.69, 9.17) is 4.74 Å². The van der Waals surface area contributed by atoms with E-state index in [1.54, 1.807) is 7.11 Å². The summed E-state index contributed by atoms with van der Waals surface area (Å²) in [6.07, 6.45) is 0.697. The van der Waals surface area contributed by atoms with E-state index in [-0.39, 0.29) is 24.6 Å². The van der Waals surface area contributed by atoms with Crippen molar-refractivity contribution < 1.29 is 19.1 Å². The standard InChI is InChI=1S/C9H16N2O4/c1-14-6-3-7(10-4-6)9(13)11-5-8(12)15-2/h6-7,10H,3-5H2,1-2H3,(H,11,13). The summed E-state index contributed by atoms with van der Waals surface area (Å²) in [6.45, 7) is 0.567. The molecule has 15 heavy (non-hydrogen) atoms. The number of hydrogen-bond acceptors (Lipinski definition) is 5. The fourth-order valence-corrected chi connectivity index (χ4v) is 1.44. The summed E-state index contributed by atoms with van der Waals surface area (Å²) >= 11 is 0. The summed E-state index contributed by atoms with van der Waals surface area (Å²) < 4.78 is 9.51. The van der Waals surface area contributed by atoms with Gasteiger partial charge in [-0.15, -0.1) is 0 Å². The molecular weight excluding hydrogens is 200 g/mol. The van der Waals surface area contributed by atoms with Crippen LogP contribution in [0.5, 0.6) is 0 Å². The van der Waals surface area contributed by atoms with E-state index >= 15 is 0 Å². The third-order valence-electron chi connectivity index (χ3n) is 2.37. The van der Waals surface area contributed by atoms with E-state index in [0.29, 0.717) is 13.0 Å². The second-order valence-corrected chi connectivity index (χ2v) is 3.35. The third-order valence-corrected chi connectivity index (χ3v) is 2.37. The Balaban J connectivity index is 2.26. The molecule has 1 aliphatic heterocycles. The molecule has 2 atom stereocenters. The number of ether oxygens (including phenoxy) is 2. The third kappa shape index (κ3) is 3.49. The minimum Gasteiger partial charge on any atom is -0.468 e. The molecule has 1 saturated heterocycles. The molecule has 1 aliphatic rings. The van der Waals surface area contributed by atoms with Crippen LogP contribution in [0.3, 0.4) is 0 Å². The molecule has 0 saturated carbocycles. The molecule has 0 aliphatic carbocycles. The molecule has 1 amide bonds. The molecule has 2 N–H and O–H groups in total. The summed E-state index contributed by atoms with van der Waals surface area (Å²) in [7, 11) is 2.89. The second kappa shape index (κ2) is 5.67. The van der Waals surface area contributed by atoms with Crippen LogP contribution >= 0.6 is 0 Å². The van der Waals surface area contributed by atoms with Gasteiger partial charge in [0.15, 0.2) is 0 Å². The van der Waals surface area contributed by atoms with Crippen LogP contribution in [-0.2, 0) is 19.1 Å². The van der Waals surface area contributed by atoms with Crippen molar-refractivity contribution in [1.29, 1.82) is 0 Å². The Labute approximate surface area is 88.3 Å². The topological polar surface area (TPSA) is 76.7 Å². The summed E-state index contributed by atoms with van der Waals surface area (Å²) in [5, 5.41) is 5.50. The molecule has 0 aromatic heterocycles. The molecule has 1 heterocycles. The highest BCUT2D eigenvalue weighted by atomic mass is 16.5. The van der Waals surface area contributed by atoms with Gasteiger partial charge in [0, 0.05) is 13.7 Å². The van der Waals surface area contributed by atoms with Crippen LogP contribution < -0.4 is 10.6 Å². The first-order chi connectivity index (χ1) is 7.17. The molecule has 0 aromatic rings. The Morgan fingerprint density at radius 2 is 2.20 bits per heavy atom. The molecule has 0 bridgehead atoms. The fourth-order valence-electron chi connectivity index (χ4n) is 1.44. The lowest BCUT2D eigenvalue weighted by Crippen LogP contribution is -2.42. The Hall–Kier alpha value is -1.14. The maximum absolute atomic E-state index is 11.5. The monoisotopic (exact) mass is 216 g/mol. The zero-order chi connectivity index (χ0) is 11.3. The average molecular weight is 216 g/mol. The molecule has 86 valence electrons. The van der Waals surface area contributed by atoms with Gasteiger partial charge in [0.25, 0.3) is 0 Å². The summed E-state index contributed by atoms with van der Waals surface area (Å²) in [5.74, 6) is -0.649. The van der Waals surface area contributed by atoms with Crippen LogP contribution in [0, 0.1) is 0 Å². The Morgan fingerprint density at radius 1 is 1.47 bits per heavy atom. The van der Waals surface area contributed by atoms with Gasteiger partial charge in [-0.05, 0) is 6.42 Å². The second-order valence-electron chi connectivity index (χ2n) is 3.35. The van der Waals surface area contributed by atoms with E-state index in [9.17, 15) is 9.59 Å². The first-order valence-electron chi connectivity index (χ1n) is 4.78. The maximum atomic E-state index is 11.5. The minimum atomic E-state index is -0.454. The molecular formula is C9H16N2O4. The highest BCUT2D eigenvalue weighted by Crippen LogP contribution is 2.09. The first kappa shape index (κ1) is 11.9. The first-order valence-corrected chi connectivity index (χ1v) is 4.78. The highest BCUT2D eigenvalue weighted by molar-refractivity contribution is 5.85. The molecule has 0 spiro atoms. The van der Waals surface area contributed by atoms with Gasteiger partial charge >= 0.3 is 5.97 Å². The van der Waals surface area contributed by atoms with E-state index in [1.165, 1.54) is 7.11 Å². The number of amides is 1. The molecule has 0 radical (unpaired) electrons. The fraction of sp³-hybridized carbons (Fsp3) is 0.778. The Kier molecular flexibility index (Phi) is 4.51. The van der Waals surface area contributed by atoms with Gasteiger partial charge in [0.05, 0.1) is 19.3 Å². The van der Waals surface area contributed by atoms with E-state index in [0.717, 1.165) is 0 Å². The Bertz CT molecular complexity index is 244. The average Bonchev–Trinajstić information content (AvgIpc) is 2.73. The molecule has 1 fully saturated rings. The van der Waals surface area contributed by atoms with Gasteiger partial charge in [0.1, 0.15) is 6.54 Å². The lowest BCUT2D eigenvalue weighted by atomic mass is 10.2. The number of methoxy groups -OCH3 is 2. The normalized spacial score (nSPS) is 24.9. The van der Waals surface area contributed by atoms with Crippen molar-refractivity contribution in [1.82, 2.24) is 10.6 Å².